The smallest absolute Gasteiger partial charge is 0.124 e. The number of hydrogen-bond acceptors (Lipinski definition) is 4. The molecule has 0 N–H and O–H groups in total. The molecular weight excluding hydrogens is 346 g/mol. The maximum Gasteiger partial charge on any atom is 0.124 e. The summed E-state index contributed by atoms with van der Waals surface area (Å²) in [4.78, 5) is 4.69. The zero-order valence-corrected chi connectivity index (χ0v) is 17.4. The predicted molar refractivity (Wildman–Crippen MR) is 113 cm³/mol. The lowest BCUT2D eigenvalue weighted by atomic mass is 9.63. The van der Waals surface area contributed by atoms with Gasteiger partial charge in [0.2, 0.25) is 0 Å². The molecule has 4 nitrogen and oxygen atoms in total. The Labute approximate surface area is 169 Å². The Hall–Kier alpha value is -2.19. The fourth-order valence-corrected chi connectivity index (χ4v) is 4.41. The van der Waals surface area contributed by atoms with E-state index in [-0.39, 0.29) is 11.6 Å². The Balaban J connectivity index is 2.30. The molecule has 0 aliphatic carbocycles. The van der Waals surface area contributed by atoms with Crippen LogP contribution in [-0.4, -0.2) is 61.8 Å². The zero-order chi connectivity index (χ0) is 20.2. The molecule has 1 saturated heterocycles. The molecule has 0 amide bonds. The second kappa shape index (κ2) is 8.45. The molecule has 1 aliphatic heterocycles. The third-order valence-electron chi connectivity index (χ3n) is 6.28. The summed E-state index contributed by atoms with van der Waals surface area (Å²) in [6.45, 7) is 7.53. The molecule has 4 heteroatoms. The first kappa shape index (κ1) is 20.5. The molecule has 1 aliphatic rings. The standard InChI is InChI=1S/C24H31N3O/c1-23(2,26(3)4)22(27-15-17-28-18-16-27)24(19-25,20-11-7-5-8-12-20)21-13-9-6-10-14-21/h5-14,22H,15-18H2,1-4H3. The van der Waals surface area contributed by atoms with Crippen LogP contribution in [0.25, 0.3) is 0 Å². The highest BCUT2D eigenvalue weighted by atomic mass is 16.5. The highest BCUT2D eigenvalue weighted by Gasteiger charge is 2.53. The van der Waals surface area contributed by atoms with Crippen molar-refractivity contribution in [3.63, 3.8) is 0 Å². The van der Waals surface area contributed by atoms with Crippen LogP contribution in [0.5, 0.6) is 0 Å². The summed E-state index contributed by atoms with van der Waals surface area (Å²) in [7, 11) is 4.21. The first-order valence-corrected chi connectivity index (χ1v) is 9.96. The molecule has 148 valence electrons. The van der Waals surface area contributed by atoms with Crippen LogP contribution in [0.3, 0.4) is 0 Å². The molecule has 3 rings (SSSR count). The second-order valence-corrected chi connectivity index (χ2v) is 8.25. The van der Waals surface area contributed by atoms with Gasteiger partial charge < -0.3 is 9.64 Å². The highest BCUT2D eigenvalue weighted by Crippen LogP contribution is 2.43. The summed E-state index contributed by atoms with van der Waals surface area (Å²) < 4.78 is 5.64. The number of nitrogens with zero attached hydrogens (tertiary/aromatic N) is 3. The van der Waals surface area contributed by atoms with Crippen LogP contribution >= 0.6 is 0 Å². The first-order valence-electron chi connectivity index (χ1n) is 9.96. The monoisotopic (exact) mass is 377 g/mol. The van der Waals surface area contributed by atoms with Crippen molar-refractivity contribution in [2.75, 3.05) is 40.4 Å². The number of nitriles is 1. The summed E-state index contributed by atoms with van der Waals surface area (Å²) in [6.07, 6.45) is 0. The molecule has 1 atom stereocenters. The normalized spacial score (nSPS) is 17.3. The number of hydrogen-bond donors (Lipinski definition) is 0. The molecule has 0 saturated carbocycles. The molecule has 1 unspecified atom stereocenters. The molecule has 0 radical (unpaired) electrons. The van der Waals surface area contributed by atoms with Crippen LogP contribution in [-0.2, 0) is 10.2 Å². The van der Waals surface area contributed by atoms with E-state index in [1.165, 1.54) is 0 Å². The molecule has 0 spiro atoms. The van der Waals surface area contributed by atoms with Crippen LogP contribution in [0.2, 0.25) is 0 Å². The topological polar surface area (TPSA) is 39.5 Å². The predicted octanol–water partition coefficient (Wildman–Crippen LogP) is 3.54. The van der Waals surface area contributed by atoms with E-state index in [1.807, 2.05) is 36.4 Å². The summed E-state index contributed by atoms with van der Waals surface area (Å²) in [6, 6.07) is 23.3. The maximum absolute atomic E-state index is 10.8. The Morgan fingerprint density at radius 3 is 1.79 bits per heavy atom. The van der Waals surface area contributed by atoms with E-state index in [4.69, 9.17) is 4.74 Å². The lowest BCUT2D eigenvalue weighted by Crippen LogP contribution is -2.67. The SMILES string of the molecule is CN(C)C(C)(C)C(N1CCOCC1)C(C#N)(c1ccccc1)c1ccccc1. The van der Waals surface area contributed by atoms with Crippen molar-refractivity contribution in [2.24, 2.45) is 0 Å². The van der Waals surface area contributed by atoms with Crippen LogP contribution < -0.4 is 0 Å². The van der Waals surface area contributed by atoms with Gasteiger partial charge in [0.05, 0.1) is 25.3 Å². The average molecular weight is 378 g/mol. The van der Waals surface area contributed by atoms with Gasteiger partial charge in [-0.1, -0.05) is 60.7 Å². The molecule has 0 aromatic heterocycles. The summed E-state index contributed by atoms with van der Waals surface area (Å²) in [5.41, 5.74) is 1.03. The van der Waals surface area contributed by atoms with Gasteiger partial charge in [-0.3, -0.25) is 4.90 Å². The van der Waals surface area contributed by atoms with Crippen molar-refractivity contribution in [1.82, 2.24) is 9.80 Å². The third-order valence-corrected chi connectivity index (χ3v) is 6.28. The zero-order valence-electron chi connectivity index (χ0n) is 17.4. The van der Waals surface area contributed by atoms with Gasteiger partial charge in [-0.25, -0.2) is 0 Å². The number of rotatable bonds is 6. The Kier molecular flexibility index (Phi) is 6.20. The summed E-state index contributed by atoms with van der Waals surface area (Å²) in [5.74, 6) is 0. The minimum atomic E-state index is -0.798. The van der Waals surface area contributed by atoms with Crippen molar-refractivity contribution >= 4 is 0 Å². The van der Waals surface area contributed by atoms with E-state index in [1.54, 1.807) is 0 Å². The fraction of sp³-hybridized carbons (Fsp3) is 0.458. The van der Waals surface area contributed by atoms with Gasteiger partial charge in [-0.2, -0.15) is 5.26 Å². The lowest BCUT2D eigenvalue weighted by Gasteiger charge is -2.53. The minimum absolute atomic E-state index is 0.0475. The fourth-order valence-electron chi connectivity index (χ4n) is 4.41. The van der Waals surface area contributed by atoms with Crippen molar-refractivity contribution in [3.05, 3.63) is 71.8 Å². The van der Waals surface area contributed by atoms with Crippen molar-refractivity contribution < 1.29 is 4.74 Å². The van der Waals surface area contributed by atoms with Crippen molar-refractivity contribution in [1.29, 1.82) is 5.26 Å². The van der Waals surface area contributed by atoms with E-state index in [9.17, 15) is 5.26 Å². The van der Waals surface area contributed by atoms with Gasteiger partial charge in [-0.15, -0.1) is 0 Å². The van der Waals surface area contributed by atoms with E-state index in [0.29, 0.717) is 13.2 Å². The number of likely N-dealkylation sites (N-methyl/N-ethyl adjacent to an activating group) is 1. The minimum Gasteiger partial charge on any atom is -0.379 e. The van der Waals surface area contributed by atoms with Gasteiger partial charge in [-0.05, 0) is 39.1 Å². The largest absolute Gasteiger partial charge is 0.379 e. The molecule has 1 heterocycles. The highest BCUT2D eigenvalue weighted by molar-refractivity contribution is 5.49. The van der Waals surface area contributed by atoms with Gasteiger partial charge in [0, 0.05) is 18.6 Å². The molecule has 28 heavy (non-hydrogen) atoms. The van der Waals surface area contributed by atoms with Gasteiger partial charge in [0.15, 0.2) is 0 Å². The molecule has 2 aromatic rings. The van der Waals surface area contributed by atoms with E-state index >= 15 is 0 Å². The molecule has 0 bridgehead atoms. The Morgan fingerprint density at radius 1 is 0.929 bits per heavy atom. The van der Waals surface area contributed by atoms with Gasteiger partial charge >= 0.3 is 0 Å². The quantitative estimate of drug-likeness (QED) is 0.772. The van der Waals surface area contributed by atoms with E-state index in [0.717, 1.165) is 24.2 Å². The molecule has 2 aromatic carbocycles. The van der Waals surface area contributed by atoms with Crippen LogP contribution in [0.1, 0.15) is 25.0 Å². The van der Waals surface area contributed by atoms with Crippen molar-refractivity contribution in [3.8, 4) is 6.07 Å². The molecule has 1 fully saturated rings. The van der Waals surface area contributed by atoms with Gasteiger partial charge in [0.25, 0.3) is 0 Å². The number of morpholine rings is 1. The number of ether oxygens (including phenoxy) is 1. The second-order valence-electron chi connectivity index (χ2n) is 8.25. The summed E-state index contributed by atoms with van der Waals surface area (Å²) in [5, 5.41) is 10.8. The first-order chi connectivity index (χ1) is 13.4. The van der Waals surface area contributed by atoms with Crippen LogP contribution in [0, 0.1) is 11.3 Å². The van der Waals surface area contributed by atoms with Crippen LogP contribution in [0.15, 0.2) is 60.7 Å². The lowest BCUT2D eigenvalue weighted by molar-refractivity contribution is -0.0384. The van der Waals surface area contributed by atoms with Crippen molar-refractivity contribution in [2.45, 2.75) is 30.8 Å². The van der Waals surface area contributed by atoms with Gasteiger partial charge in [0.1, 0.15) is 5.41 Å². The van der Waals surface area contributed by atoms with E-state index in [2.05, 4.69) is 68.1 Å². The number of benzene rings is 2. The van der Waals surface area contributed by atoms with Crippen LogP contribution in [0.4, 0.5) is 0 Å². The summed E-state index contributed by atoms with van der Waals surface area (Å²) >= 11 is 0. The average Bonchev–Trinajstić information content (AvgIpc) is 2.73. The molecular formula is C24H31N3O. The maximum atomic E-state index is 10.8. The van der Waals surface area contributed by atoms with E-state index < -0.39 is 5.41 Å². The third kappa shape index (κ3) is 3.58. The Morgan fingerprint density at radius 2 is 1.39 bits per heavy atom. The Bertz CT molecular complexity index is 750.